The van der Waals surface area contributed by atoms with E-state index in [0.29, 0.717) is 11.0 Å². The molecule has 37 heavy (non-hydrogen) atoms. The van der Waals surface area contributed by atoms with Gasteiger partial charge in [0.05, 0.1) is 19.1 Å². The van der Waals surface area contributed by atoms with Crippen LogP contribution in [0, 0.1) is 0 Å². The first-order valence-electron chi connectivity index (χ1n) is 11.7. The van der Waals surface area contributed by atoms with Gasteiger partial charge in [-0.3, -0.25) is 9.36 Å². The number of thioether (sulfide) groups is 1. The number of phenolic OH excluding ortho intramolecular Hbond substituents is 1. The van der Waals surface area contributed by atoms with Gasteiger partial charge in [-0.25, -0.2) is 5.43 Å². The van der Waals surface area contributed by atoms with E-state index in [1.165, 1.54) is 23.5 Å². The van der Waals surface area contributed by atoms with Crippen LogP contribution in [0.4, 0.5) is 0 Å². The number of benzene rings is 3. The molecule has 0 fully saturated rings. The van der Waals surface area contributed by atoms with Gasteiger partial charge >= 0.3 is 0 Å². The maximum absolute atomic E-state index is 12.4. The number of nitrogens with zero attached hydrogens (tertiary/aromatic N) is 4. The summed E-state index contributed by atoms with van der Waals surface area (Å²) in [6.45, 7) is 6.53. The molecule has 0 saturated heterocycles. The van der Waals surface area contributed by atoms with Crippen LogP contribution in [-0.4, -0.2) is 44.9 Å². The van der Waals surface area contributed by atoms with Crippen LogP contribution >= 0.6 is 11.8 Å². The number of ether oxygens (including phenoxy) is 1. The van der Waals surface area contributed by atoms with Gasteiger partial charge in [-0.1, -0.05) is 56.8 Å². The molecule has 0 saturated carbocycles. The average molecular weight is 516 g/mol. The molecule has 4 aromatic rings. The standard InChI is InChI=1S/C28H29N5O3S/c1-28(2,3)21-9-7-20(8-10-21)26-31-32-27(33(26)22-11-15-24(36-4)16-12-22)37-18-25(35)30-29-17-19-5-13-23(34)14-6-19/h5-17,34H,18H2,1-4H3,(H,30,35)/b29-17+. The van der Waals surface area contributed by atoms with Crippen molar-refractivity contribution < 1.29 is 14.6 Å². The van der Waals surface area contributed by atoms with Crippen LogP contribution < -0.4 is 10.2 Å². The van der Waals surface area contributed by atoms with Gasteiger partial charge < -0.3 is 9.84 Å². The van der Waals surface area contributed by atoms with Crippen molar-refractivity contribution in [1.82, 2.24) is 20.2 Å². The molecule has 0 bridgehead atoms. The molecule has 0 aliphatic heterocycles. The molecule has 9 heteroatoms. The van der Waals surface area contributed by atoms with Crippen LogP contribution in [0.3, 0.4) is 0 Å². The van der Waals surface area contributed by atoms with Crippen LogP contribution in [-0.2, 0) is 10.2 Å². The summed E-state index contributed by atoms with van der Waals surface area (Å²) in [5, 5.41) is 22.8. The van der Waals surface area contributed by atoms with Crippen molar-refractivity contribution in [3.63, 3.8) is 0 Å². The molecule has 8 nitrogen and oxygen atoms in total. The van der Waals surface area contributed by atoms with E-state index < -0.39 is 0 Å². The van der Waals surface area contributed by atoms with Crippen LogP contribution in [0.2, 0.25) is 0 Å². The molecular weight excluding hydrogens is 486 g/mol. The van der Waals surface area contributed by atoms with Crippen molar-refractivity contribution in [2.24, 2.45) is 5.10 Å². The lowest BCUT2D eigenvalue weighted by molar-refractivity contribution is -0.118. The van der Waals surface area contributed by atoms with Crippen molar-refractivity contribution in [2.45, 2.75) is 31.3 Å². The average Bonchev–Trinajstić information content (AvgIpc) is 3.32. The molecule has 3 aromatic carbocycles. The zero-order valence-corrected chi connectivity index (χ0v) is 22.0. The Morgan fingerprint density at radius 3 is 2.32 bits per heavy atom. The van der Waals surface area contributed by atoms with Crippen LogP contribution in [0.5, 0.6) is 11.5 Å². The number of hydrazone groups is 1. The zero-order valence-electron chi connectivity index (χ0n) is 21.2. The van der Waals surface area contributed by atoms with E-state index in [2.05, 4.69) is 53.6 Å². The van der Waals surface area contributed by atoms with Crippen molar-refractivity contribution >= 4 is 23.9 Å². The van der Waals surface area contributed by atoms with Gasteiger partial charge in [-0.05, 0) is 65.1 Å². The minimum absolute atomic E-state index is 0.0430. The number of hydrogen-bond acceptors (Lipinski definition) is 7. The summed E-state index contributed by atoms with van der Waals surface area (Å²) in [4.78, 5) is 12.4. The van der Waals surface area contributed by atoms with Crippen LogP contribution in [0.1, 0.15) is 31.9 Å². The monoisotopic (exact) mass is 515 g/mol. The van der Waals surface area contributed by atoms with E-state index >= 15 is 0 Å². The van der Waals surface area contributed by atoms with Gasteiger partial charge in [0.25, 0.3) is 5.91 Å². The topological polar surface area (TPSA) is 102 Å². The Bertz CT molecular complexity index is 1370. The molecule has 1 amide bonds. The first kappa shape index (κ1) is 26.0. The minimum Gasteiger partial charge on any atom is -0.508 e. The Balaban J connectivity index is 1.54. The molecule has 2 N–H and O–H groups in total. The molecule has 1 aromatic heterocycles. The molecule has 0 spiro atoms. The molecule has 4 rings (SSSR count). The third-order valence-corrected chi connectivity index (χ3v) is 6.53. The van der Waals surface area contributed by atoms with Gasteiger partial charge in [0.15, 0.2) is 11.0 Å². The van der Waals surface area contributed by atoms with Gasteiger partial charge in [0.1, 0.15) is 11.5 Å². The van der Waals surface area contributed by atoms with E-state index in [9.17, 15) is 9.90 Å². The summed E-state index contributed by atoms with van der Waals surface area (Å²) in [5.41, 5.74) is 6.33. The maximum Gasteiger partial charge on any atom is 0.250 e. The molecule has 0 unspecified atom stereocenters. The highest BCUT2D eigenvalue weighted by Crippen LogP contribution is 2.30. The molecule has 0 atom stereocenters. The highest BCUT2D eigenvalue weighted by molar-refractivity contribution is 7.99. The Morgan fingerprint density at radius 2 is 1.70 bits per heavy atom. The van der Waals surface area contributed by atoms with E-state index in [4.69, 9.17) is 4.74 Å². The first-order chi connectivity index (χ1) is 17.7. The highest BCUT2D eigenvalue weighted by Gasteiger charge is 2.19. The predicted octanol–water partition coefficient (Wildman–Crippen LogP) is 5.19. The lowest BCUT2D eigenvalue weighted by Gasteiger charge is -2.19. The fraction of sp³-hybridized carbons (Fsp3) is 0.214. The summed E-state index contributed by atoms with van der Waals surface area (Å²) >= 11 is 1.27. The SMILES string of the molecule is COc1ccc(-n2c(SCC(=O)N/N=C/c3ccc(O)cc3)nnc2-c2ccc(C(C)(C)C)cc2)cc1. The number of amides is 1. The van der Waals surface area contributed by atoms with Crippen LogP contribution in [0.15, 0.2) is 83.1 Å². The molecule has 1 heterocycles. The summed E-state index contributed by atoms with van der Waals surface area (Å²) in [5.74, 6) is 1.42. The van der Waals surface area contributed by atoms with Gasteiger partial charge in [0.2, 0.25) is 0 Å². The van der Waals surface area contributed by atoms with E-state index in [1.807, 2.05) is 41.0 Å². The van der Waals surface area contributed by atoms with Crippen molar-refractivity contribution in [3.8, 4) is 28.6 Å². The summed E-state index contributed by atoms with van der Waals surface area (Å²) < 4.78 is 7.24. The number of carbonyl (C=O) groups excluding carboxylic acids is 1. The number of methoxy groups -OCH3 is 1. The number of phenols is 1. The second-order valence-corrected chi connectivity index (χ2v) is 10.3. The maximum atomic E-state index is 12.4. The number of hydrogen-bond donors (Lipinski definition) is 2. The lowest BCUT2D eigenvalue weighted by Crippen LogP contribution is -2.20. The fourth-order valence-electron chi connectivity index (χ4n) is 3.54. The number of aromatic hydroxyl groups is 1. The summed E-state index contributed by atoms with van der Waals surface area (Å²) in [6.07, 6.45) is 1.52. The number of aromatic nitrogens is 3. The van der Waals surface area contributed by atoms with E-state index in [0.717, 1.165) is 22.6 Å². The fourth-order valence-corrected chi connectivity index (χ4v) is 4.28. The number of rotatable bonds is 8. The third kappa shape index (κ3) is 6.56. The quantitative estimate of drug-likeness (QED) is 0.190. The van der Waals surface area contributed by atoms with E-state index in [-0.39, 0.29) is 22.8 Å². The smallest absolute Gasteiger partial charge is 0.250 e. The minimum atomic E-state index is -0.277. The van der Waals surface area contributed by atoms with Gasteiger partial charge in [0, 0.05) is 11.3 Å². The highest BCUT2D eigenvalue weighted by atomic mass is 32.2. The van der Waals surface area contributed by atoms with Crippen molar-refractivity contribution in [2.75, 3.05) is 12.9 Å². The molecule has 190 valence electrons. The Labute approximate surface area is 220 Å². The second kappa shape index (κ2) is 11.3. The van der Waals surface area contributed by atoms with Crippen molar-refractivity contribution in [3.05, 3.63) is 83.9 Å². The zero-order chi connectivity index (χ0) is 26.4. The van der Waals surface area contributed by atoms with Crippen LogP contribution in [0.25, 0.3) is 17.1 Å². The normalized spacial score (nSPS) is 11.6. The Kier molecular flexibility index (Phi) is 7.93. The molecule has 0 aliphatic rings. The molecular formula is C28H29N5O3S. The predicted molar refractivity (Wildman–Crippen MR) is 147 cm³/mol. The largest absolute Gasteiger partial charge is 0.508 e. The van der Waals surface area contributed by atoms with Gasteiger partial charge in [-0.2, -0.15) is 5.10 Å². The van der Waals surface area contributed by atoms with Crippen molar-refractivity contribution in [1.29, 1.82) is 0 Å². The summed E-state index contributed by atoms with van der Waals surface area (Å²) in [6, 6.07) is 22.4. The first-order valence-corrected chi connectivity index (χ1v) is 12.7. The molecule has 0 aliphatic carbocycles. The second-order valence-electron chi connectivity index (χ2n) is 9.34. The summed E-state index contributed by atoms with van der Waals surface area (Å²) in [7, 11) is 1.63. The van der Waals surface area contributed by atoms with Gasteiger partial charge in [-0.15, -0.1) is 10.2 Å². The number of nitrogens with one attached hydrogen (secondary N) is 1. The Hall–Kier alpha value is -4.11. The number of carbonyl (C=O) groups is 1. The lowest BCUT2D eigenvalue weighted by atomic mass is 9.87. The third-order valence-electron chi connectivity index (χ3n) is 5.60. The Morgan fingerprint density at radius 1 is 1.03 bits per heavy atom. The molecule has 0 radical (unpaired) electrons. The van der Waals surface area contributed by atoms with E-state index in [1.54, 1.807) is 31.4 Å².